The summed E-state index contributed by atoms with van der Waals surface area (Å²) in [5.74, 6) is -1.32. The van der Waals surface area contributed by atoms with Crippen LogP contribution in [0.15, 0.2) is 22.6 Å². The number of allylic oxidation sites excluding steroid dienone is 2. The molecule has 0 bridgehead atoms. The van der Waals surface area contributed by atoms with E-state index in [0.29, 0.717) is 17.9 Å². The lowest BCUT2D eigenvalue weighted by molar-refractivity contribution is -0.170. The summed E-state index contributed by atoms with van der Waals surface area (Å²) in [5.41, 5.74) is 11.8. The van der Waals surface area contributed by atoms with E-state index in [1.165, 1.54) is 6.08 Å². The first-order valence-corrected chi connectivity index (χ1v) is 5.50. The van der Waals surface area contributed by atoms with Crippen molar-refractivity contribution in [3.05, 3.63) is 22.6 Å². The molecule has 4 N–H and O–H groups in total. The summed E-state index contributed by atoms with van der Waals surface area (Å²) in [5, 5.41) is 0.000240. The molecule has 1 rings (SSSR count). The van der Waals surface area contributed by atoms with Crippen molar-refractivity contribution >= 4 is 11.6 Å². The van der Waals surface area contributed by atoms with Crippen LogP contribution in [0.25, 0.3) is 0 Å². The number of hydrogen-bond donors (Lipinski definition) is 2. The first-order chi connectivity index (χ1) is 7.71. The van der Waals surface area contributed by atoms with Gasteiger partial charge in [-0.25, -0.2) is 0 Å². The van der Waals surface area contributed by atoms with Gasteiger partial charge in [-0.05, 0) is 19.4 Å². The van der Waals surface area contributed by atoms with Crippen LogP contribution < -0.4 is 11.5 Å². The average Bonchev–Trinajstić information content (AvgIpc) is 2.60. The molecule has 17 heavy (non-hydrogen) atoms. The van der Waals surface area contributed by atoms with E-state index in [0.717, 1.165) is 0 Å². The Hall–Kier alpha value is -1.04. The highest BCUT2D eigenvalue weighted by Crippen LogP contribution is 2.35. The molecule has 1 heterocycles. The standard InChI is InChI=1S/C10H15ClF3N3/c1-6(15)8(4-9(11)16)17-3-2-7(5-17)10(12,13)14/h4,7H,2-3,5,15-16H2,1H3/b8-6+,9-4-. The van der Waals surface area contributed by atoms with E-state index in [2.05, 4.69) is 0 Å². The Bertz CT molecular complexity index is 341. The van der Waals surface area contributed by atoms with Crippen LogP contribution in [0.4, 0.5) is 13.2 Å². The fourth-order valence-electron chi connectivity index (χ4n) is 1.83. The zero-order valence-electron chi connectivity index (χ0n) is 9.39. The molecular weight excluding hydrogens is 255 g/mol. The number of rotatable bonds is 2. The van der Waals surface area contributed by atoms with Crippen LogP contribution >= 0.6 is 11.6 Å². The van der Waals surface area contributed by atoms with Crippen molar-refractivity contribution in [3.63, 3.8) is 0 Å². The van der Waals surface area contributed by atoms with Gasteiger partial charge in [0.05, 0.1) is 11.6 Å². The Labute approximate surface area is 103 Å². The summed E-state index contributed by atoms with van der Waals surface area (Å²) in [7, 11) is 0. The summed E-state index contributed by atoms with van der Waals surface area (Å²) in [4.78, 5) is 1.56. The zero-order valence-corrected chi connectivity index (χ0v) is 10.1. The van der Waals surface area contributed by atoms with Crippen molar-refractivity contribution in [3.8, 4) is 0 Å². The molecule has 3 nitrogen and oxygen atoms in total. The summed E-state index contributed by atoms with van der Waals surface area (Å²) in [6, 6.07) is 0. The van der Waals surface area contributed by atoms with Gasteiger partial charge in [-0.3, -0.25) is 0 Å². The van der Waals surface area contributed by atoms with Gasteiger partial charge in [0.1, 0.15) is 5.16 Å². The Balaban J connectivity index is 2.83. The fraction of sp³-hybridized carbons (Fsp3) is 0.600. The molecule has 1 aliphatic rings. The third kappa shape index (κ3) is 3.73. The van der Waals surface area contributed by atoms with Crippen molar-refractivity contribution in [2.45, 2.75) is 19.5 Å². The number of hydrogen-bond acceptors (Lipinski definition) is 3. The normalized spacial score (nSPS) is 23.9. The lowest BCUT2D eigenvalue weighted by Crippen LogP contribution is -2.28. The molecule has 1 atom stereocenters. The summed E-state index contributed by atoms with van der Waals surface area (Å²) in [6.45, 7) is 1.80. The van der Waals surface area contributed by atoms with Crippen molar-refractivity contribution < 1.29 is 13.2 Å². The van der Waals surface area contributed by atoms with Crippen molar-refractivity contribution in [1.82, 2.24) is 4.90 Å². The van der Waals surface area contributed by atoms with Crippen LogP contribution in [0.3, 0.4) is 0 Å². The Morgan fingerprint density at radius 2 is 2.00 bits per heavy atom. The van der Waals surface area contributed by atoms with Gasteiger partial charge < -0.3 is 16.4 Å². The van der Waals surface area contributed by atoms with Crippen molar-refractivity contribution in [2.75, 3.05) is 13.1 Å². The number of nitrogens with two attached hydrogens (primary N) is 2. The van der Waals surface area contributed by atoms with Crippen LogP contribution in [0, 0.1) is 5.92 Å². The van der Waals surface area contributed by atoms with Crippen LogP contribution in [0.2, 0.25) is 0 Å². The Morgan fingerprint density at radius 1 is 1.41 bits per heavy atom. The maximum Gasteiger partial charge on any atom is 0.393 e. The van der Waals surface area contributed by atoms with Gasteiger partial charge in [0.15, 0.2) is 0 Å². The molecule has 1 saturated heterocycles. The number of likely N-dealkylation sites (tertiary alicyclic amines) is 1. The molecule has 0 spiro atoms. The molecule has 1 aliphatic heterocycles. The van der Waals surface area contributed by atoms with Crippen LogP contribution in [0.5, 0.6) is 0 Å². The van der Waals surface area contributed by atoms with Gasteiger partial charge in [0.25, 0.3) is 0 Å². The lowest BCUT2D eigenvalue weighted by Gasteiger charge is -2.22. The second kappa shape index (κ2) is 5.08. The zero-order chi connectivity index (χ0) is 13.2. The highest BCUT2D eigenvalue weighted by Gasteiger charge is 2.43. The average molecular weight is 270 g/mol. The maximum atomic E-state index is 12.5. The van der Waals surface area contributed by atoms with E-state index in [1.807, 2.05) is 0 Å². The third-order valence-electron chi connectivity index (χ3n) is 2.67. The third-order valence-corrected chi connectivity index (χ3v) is 2.78. The first-order valence-electron chi connectivity index (χ1n) is 5.12. The fourth-order valence-corrected chi connectivity index (χ4v) is 1.93. The largest absolute Gasteiger partial charge is 0.401 e. The summed E-state index contributed by atoms with van der Waals surface area (Å²) >= 11 is 5.52. The smallest absolute Gasteiger partial charge is 0.393 e. The molecule has 0 aromatic rings. The van der Waals surface area contributed by atoms with Gasteiger partial charge in [0.2, 0.25) is 0 Å². The molecule has 1 unspecified atom stereocenters. The van der Waals surface area contributed by atoms with Crippen LogP contribution in [-0.2, 0) is 0 Å². The predicted octanol–water partition coefficient (Wildman–Crippen LogP) is 2.10. The van der Waals surface area contributed by atoms with E-state index in [-0.39, 0.29) is 18.1 Å². The molecular formula is C10H15ClF3N3. The number of halogens is 4. The highest BCUT2D eigenvalue weighted by molar-refractivity contribution is 6.29. The van der Waals surface area contributed by atoms with Gasteiger partial charge in [-0.1, -0.05) is 11.6 Å². The second-order valence-electron chi connectivity index (χ2n) is 4.07. The quantitative estimate of drug-likeness (QED) is 0.596. The van der Waals surface area contributed by atoms with E-state index < -0.39 is 12.1 Å². The minimum atomic E-state index is -4.17. The van der Waals surface area contributed by atoms with Crippen molar-refractivity contribution in [1.29, 1.82) is 0 Å². The number of alkyl halides is 3. The molecule has 0 amide bonds. The second-order valence-corrected chi connectivity index (χ2v) is 4.51. The van der Waals surface area contributed by atoms with E-state index in [9.17, 15) is 13.2 Å². The molecule has 98 valence electrons. The topological polar surface area (TPSA) is 55.3 Å². The first kappa shape index (κ1) is 14.0. The van der Waals surface area contributed by atoms with E-state index in [4.69, 9.17) is 23.1 Å². The molecule has 0 radical (unpaired) electrons. The van der Waals surface area contributed by atoms with E-state index >= 15 is 0 Å². The van der Waals surface area contributed by atoms with Gasteiger partial charge in [0, 0.05) is 18.8 Å². The van der Waals surface area contributed by atoms with Gasteiger partial charge >= 0.3 is 6.18 Å². The van der Waals surface area contributed by atoms with E-state index in [1.54, 1.807) is 11.8 Å². The molecule has 0 aliphatic carbocycles. The lowest BCUT2D eigenvalue weighted by atomic mass is 10.1. The minimum Gasteiger partial charge on any atom is -0.401 e. The minimum absolute atomic E-state index is 0.000240. The molecule has 0 aromatic carbocycles. The van der Waals surface area contributed by atoms with Gasteiger partial charge in [-0.2, -0.15) is 13.2 Å². The number of nitrogens with zero attached hydrogens (tertiary/aromatic N) is 1. The highest BCUT2D eigenvalue weighted by atomic mass is 35.5. The SMILES string of the molecule is C/C(N)=C(/C=C(\N)Cl)N1CCC(C(F)(F)F)C1. The van der Waals surface area contributed by atoms with Gasteiger partial charge in [-0.15, -0.1) is 0 Å². The monoisotopic (exact) mass is 269 g/mol. The van der Waals surface area contributed by atoms with Crippen molar-refractivity contribution in [2.24, 2.45) is 17.4 Å². The Kier molecular flexibility index (Phi) is 4.19. The molecule has 7 heteroatoms. The maximum absolute atomic E-state index is 12.5. The predicted molar refractivity (Wildman–Crippen MR) is 60.7 cm³/mol. The summed E-state index contributed by atoms with van der Waals surface area (Å²) in [6.07, 6.45) is -2.72. The van der Waals surface area contributed by atoms with Crippen LogP contribution in [0.1, 0.15) is 13.3 Å². The molecule has 0 saturated carbocycles. The molecule has 1 fully saturated rings. The summed E-state index contributed by atoms with van der Waals surface area (Å²) < 4.78 is 37.6. The van der Waals surface area contributed by atoms with Crippen LogP contribution in [-0.4, -0.2) is 24.2 Å². The molecule has 0 aromatic heterocycles. The Morgan fingerprint density at radius 3 is 2.35 bits per heavy atom.